The van der Waals surface area contributed by atoms with Crippen LogP contribution >= 0.6 is 0 Å². The van der Waals surface area contributed by atoms with Gasteiger partial charge in [-0.1, -0.05) is 158 Å². The van der Waals surface area contributed by atoms with Crippen molar-refractivity contribution in [3.05, 3.63) is 247 Å². The van der Waals surface area contributed by atoms with Crippen LogP contribution in [0.25, 0.3) is 87.7 Å². The van der Waals surface area contributed by atoms with E-state index in [0.717, 1.165) is 50.0 Å². The van der Waals surface area contributed by atoms with E-state index >= 15 is 0 Å². The molecule has 1 aliphatic rings. The fourth-order valence-electron chi connectivity index (χ4n) is 11.9. The molecule has 0 spiro atoms. The standard InChI is InChI=1S/C61H37N3O/c1-2-14-38(15-3-1)61(51-21-9-4-16-43(51)44-17-5-10-22-52(44)61)39-26-28-40(29-27-39)62(42-30-32-48-47-20-8-13-25-57(47)65-58(48)37-42)41-31-35-55-56(36-41)64-54-24-12-7-19-46(54)50-34-33-49-45-18-6-11-23-53(45)63(55)59(49)60(50)64/h1-37H. The molecule has 0 N–H and O–H groups in total. The third kappa shape index (κ3) is 4.50. The quantitative estimate of drug-likeness (QED) is 0.162. The van der Waals surface area contributed by atoms with Crippen molar-refractivity contribution < 1.29 is 4.42 Å². The van der Waals surface area contributed by atoms with E-state index in [4.69, 9.17) is 4.42 Å². The molecule has 0 unspecified atom stereocenters. The predicted octanol–water partition coefficient (Wildman–Crippen LogP) is 16.0. The van der Waals surface area contributed by atoms with Gasteiger partial charge < -0.3 is 18.1 Å². The minimum Gasteiger partial charge on any atom is -0.456 e. The molecule has 10 aromatic carbocycles. The van der Waals surface area contributed by atoms with Gasteiger partial charge in [-0.2, -0.15) is 0 Å². The molecule has 0 saturated heterocycles. The van der Waals surface area contributed by atoms with E-state index in [2.05, 4.69) is 232 Å². The molecule has 4 nitrogen and oxygen atoms in total. The first kappa shape index (κ1) is 34.9. The first-order valence-corrected chi connectivity index (χ1v) is 22.4. The Morgan fingerprint density at radius 1 is 0.323 bits per heavy atom. The Labute approximate surface area is 373 Å². The van der Waals surface area contributed by atoms with Crippen molar-refractivity contribution in [2.75, 3.05) is 4.90 Å². The van der Waals surface area contributed by atoms with Crippen LogP contribution in [0.5, 0.6) is 0 Å². The minimum atomic E-state index is -0.490. The monoisotopic (exact) mass is 827 g/mol. The number of hydrogen-bond acceptors (Lipinski definition) is 2. The molecule has 4 heteroatoms. The molecule has 0 aliphatic heterocycles. The number of para-hydroxylation sites is 3. The largest absolute Gasteiger partial charge is 0.456 e. The van der Waals surface area contributed by atoms with Crippen molar-refractivity contribution in [1.82, 2.24) is 8.80 Å². The molecule has 4 aromatic heterocycles. The van der Waals surface area contributed by atoms with Crippen molar-refractivity contribution in [2.24, 2.45) is 0 Å². The summed E-state index contributed by atoms with van der Waals surface area (Å²) in [6, 6.07) is 82.6. The highest BCUT2D eigenvalue weighted by molar-refractivity contribution is 6.25. The number of rotatable bonds is 5. The van der Waals surface area contributed by atoms with Crippen LogP contribution < -0.4 is 4.90 Å². The summed E-state index contributed by atoms with van der Waals surface area (Å²) in [5, 5.41) is 7.28. The summed E-state index contributed by atoms with van der Waals surface area (Å²) in [6.45, 7) is 0. The highest BCUT2D eigenvalue weighted by atomic mass is 16.3. The molecule has 14 aromatic rings. The van der Waals surface area contributed by atoms with Gasteiger partial charge in [0.05, 0.1) is 38.5 Å². The summed E-state index contributed by atoms with van der Waals surface area (Å²) >= 11 is 0. The lowest BCUT2D eigenvalue weighted by molar-refractivity contribution is 0.669. The highest BCUT2D eigenvalue weighted by Crippen LogP contribution is 2.56. The van der Waals surface area contributed by atoms with E-state index < -0.39 is 5.41 Å². The zero-order valence-corrected chi connectivity index (χ0v) is 35.1. The van der Waals surface area contributed by atoms with Crippen molar-refractivity contribution in [1.29, 1.82) is 0 Å². The van der Waals surface area contributed by atoms with Gasteiger partial charge in [0.1, 0.15) is 11.2 Å². The Morgan fingerprint density at radius 2 is 0.815 bits per heavy atom. The smallest absolute Gasteiger partial charge is 0.137 e. The van der Waals surface area contributed by atoms with E-state index in [1.807, 2.05) is 6.07 Å². The molecule has 4 heterocycles. The van der Waals surface area contributed by atoms with Crippen LogP contribution in [0.3, 0.4) is 0 Å². The number of hydrogen-bond donors (Lipinski definition) is 0. The van der Waals surface area contributed by atoms with Gasteiger partial charge in [0, 0.05) is 55.4 Å². The van der Waals surface area contributed by atoms with Crippen LogP contribution in [0.15, 0.2) is 229 Å². The van der Waals surface area contributed by atoms with E-state index in [1.165, 1.54) is 77.0 Å². The van der Waals surface area contributed by atoms with Gasteiger partial charge >= 0.3 is 0 Å². The molecule has 0 saturated carbocycles. The summed E-state index contributed by atoms with van der Waals surface area (Å²) in [7, 11) is 0. The first-order valence-electron chi connectivity index (χ1n) is 22.4. The second kappa shape index (κ2) is 12.7. The highest BCUT2D eigenvalue weighted by Gasteiger charge is 2.45. The molecule has 65 heavy (non-hydrogen) atoms. The molecule has 15 rings (SSSR count). The topological polar surface area (TPSA) is 25.2 Å². The van der Waals surface area contributed by atoms with E-state index in [1.54, 1.807) is 0 Å². The Balaban J connectivity index is 1.00. The van der Waals surface area contributed by atoms with Crippen LogP contribution in [0.1, 0.15) is 22.3 Å². The molecule has 302 valence electrons. The van der Waals surface area contributed by atoms with Crippen molar-refractivity contribution in [3.8, 4) is 11.1 Å². The third-order valence-electron chi connectivity index (χ3n) is 14.5. The summed E-state index contributed by atoms with van der Waals surface area (Å²) in [6.07, 6.45) is 0. The maximum Gasteiger partial charge on any atom is 0.137 e. The molecular formula is C61H37N3O. The van der Waals surface area contributed by atoms with Crippen molar-refractivity contribution in [2.45, 2.75) is 5.41 Å². The second-order valence-electron chi connectivity index (χ2n) is 17.6. The predicted molar refractivity (Wildman–Crippen MR) is 269 cm³/mol. The third-order valence-corrected chi connectivity index (χ3v) is 14.5. The maximum atomic E-state index is 6.57. The maximum absolute atomic E-state index is 6.57. The zero-order valence-electron chi connectivity index (χ0n) is 35.1. The molecule has 0 bridgehead atoms. The van der Waals surface area contributed by atoms with E-state index in [-0.39, 0.29) is 0 Å². The molecule has 0 atom stereocenters. The number of nitrogens with zero attached hydrogens (tertiary/aromatic N) is 3. The van der Waals surface area contributed by atoms with Crippen LogP contribution in [0.4, 0.5) is 17.1 Å². The van der Waals surface area contributed by atoms with Crippen LogP contribution in [-0.2, 0) is 5.41 Å². The van der Waals surface area contributed by atoms with Gasteiger partial charge in [-0.3, -0.25) is 0 Å². The fraction of sp³-hybridized carbons (Fsp3) is 0.0164. The Kier molecular flexibility index (Phi) is 6.85. The average molecular weight is 828 g/mol. The van der Waals surface area contributed by atoms with Crippen LogP contribution in [0.2, 0.25) is 0 Å². The Hall–Kier alpha value is -8.60. The molecular weight excluding hydrogens is 791 g/mol. The van der Waals surface area contributed by atoms with Gasteiger partial charge in [-0.15, -0.1) is 0 Å². The second-order valence-corrected chi connectivity index (χ2v) is 17.6. The van der Waals surface area contributed by atoms with Crippen molar-refractivity contribution in [3.63, 3.8) is 0 Å². The zero-order chi connectivity index (χ0) is 42.4. The van der Waals surface area contributed by atoms with Crippen molar-refractivity contribution >= 4 is 93.6 Å². The van der Waals surface area contributed by atoms with Gasteiger partial charge in [-0.05, 0) is 94.0 Å². The number of furan rings is 1. The summed E-state index contributed by atoms with van der Waals surface area (Å²) < 4.78 is 11.6. The van der Waals surface area contributed by atoms with Crippen LogP contribution in [0, 0.1) is 0 Å². The molecule has 0 radical (unpaired) electrons. The van der Waals surface area contributed by atoms with Crippen LogP contribution in [-0.4, -0.2) is 8.80 Å². The van der Waals surface area contributed by atoms with Gasteiger partial charge in [-0.25, -0.2) is 0 Å². The lowest BCUT2D eigenvalue weighted by Gasteiger charge is -2.34. The van der Waals surface area contributed by atoms with E-state index in [9.17, 15) is 0 Å². The number of benzene rings is 10. The van der Waals surface area contributed by atoms with E-state index in [0.29, 0.717) is 0 Å². The Morgan fingerprint density at radius 3 is 1.51 bits per heavy atom. The summed E-state index contributed by atoms with van der Waals surface area (Å²) in [4.78, 5) is 2.40. The SMILES string of the molecule is c1ccc(C2(c3ccc(N(c4ccc5c(c4)oc4ccccc45)c4ccc5c(c4)n4c6ccccc6c6ccc7c8ccccc8n5c7c64)cc3)c3ccccc3-c3ccccc32)cc1. The first-order chi connectivity index (χ1) is 32.3. The average Bonchev–Trinajstić information content (AvgIpc) is 4.10. The normalized spacial score (nSPS) is 13.4. The number of fused-ring (bicyclic) bond motifs is 15. The number of aromatic nitrogens is 2. The van der Waals surface area contributed by atoms with Gasteiger partial charge in [0.2, 0.25) is 0 Å². The molecule has 0 amide bonds. The Bertz CT molecular complexity index is 4200. The molecule has 0 fully saturated rings. The van der Waals surface area contributed by atoms with Gasteiger partial charge in [0.15, 0.2) is 0 Å². The number of anilines is 3. The van der Waals surface area contributed by atoms with Gasteiger partial charge in [0.25, 0.3) is 0 Å². The summed E-state index contributed by atoms with van der Waals surface area (Å²) in [5.41, 5.74) is 19.3. The minimum absolute atomic E-state index is 0.490. The lowest BCUT2D eigenvalue weighted by Crippen LogP contribution is -2.28. The lowest BCUT2D eigenvalue weighted by atomic mass is 9.68. The summed E-state index contributed by atoms with van der Waals surface area (Å²) in [5.74, 6) is 0. The molecule has 1 aliphatic carbocycles. The fourth-order valence-corrected chi connectivity index (χ4v) is 11.9.